The molecule has 0 aromatic heterocycles. The molecule has 2 aromatic carbocycles. The topological polar surface area (TPSA) is 32.3 Å². The van der Waals surface area contributed by atoms with Gasteiger partial charge in [0.2, 0.25) is 0 Å². The van der Waals surface area contributed by atoms with Crippen molar-refractivity contribution >= 4 is 0 Å². The van der Waals surface area contributed by atoms with E-state index in [2.05, 4.69) is 29.6 Å². The van der Waals surface area contributed by atoms with Crippen LogP contribution in [0.15, 0.2) is 54.6 Å². The highest BCUT2D eigenvalue weighted by Gasteiger charge is 1.94. The van der Waals surface area contributed by atoms with Crippen molar-refractivity contribution in [2.75, 3.05) is 6.54 Å². The van der Waals surface area contributed by atoms with Crippen LogP contribution < -0.4 is 5.32 Å². The summed E-state index contributed by atoms with van der Waals surface area (Å²) < 4.78 is 0. The number of nitrogens with one attached hydrogen (secondary N) is 1. The maximum absolute atomic E-state index is 9.17. The molecule has 0 bridgehead atoms. The fourth-order valence-corrected chi connectivity index (χ4v) is 1.91. The van der Waals surface area contributed by atoms with Gasteiger partial charge < -0.3 is 10.4 Å². The first-order chi connectivity index (χ1) is 8.84. The molecule has 2 rings (SSSR count). The van der Waals surface area contributed by atoms with E-state index in [0.29, 0.717) is 5.75 Å². The third kappa shape index (κ3) is 4.22. The van der Waals surface area contributed by atoms with Gasteiger partial charge in [-0.2, -0.15) is 0 Å². The highest BCUT2D eigenvalue weighted by molar-refractivity contribution is 5.25. The van der Waals surface area contributed by atoms with E-state index in [1.165, 1.54) is 11.1 Å². The van der Waals surface area contributed by atoms with Crippen LogP contribution >= 0.6 is 0 Å². The summed E-state index contributed by atoms with van der Waals surface area (Å²) in [4.78, 5) is 0. The Morgan fingerprint density at radius 2 is 1.56 bits per heavy atom. The van der Waals surface area contributed by atoms with E-state index in [0.717, 1.165) is 25.9 Å². The van der Waals surface area contributed by atoms with Crippen LogP contribution in [-0.4, -0.2) is 11.7 Å². The zero-order chi connectivity index (χ0) is 12.6. The van der Waals surface area contributed by atoms with E-state index in [1.807, 2.05) is 18.2 Å². The lowest BCUT2D eigenvalue weighted by Gasteiger charge is -2.05. The Morgan fingerprint density at radius 3 is 2.28 bits per heavy atom. The molecule has 0 aliphatic carbocycles. The van der Waals surface area contributed by atoms with E-state index in [9.17, 15) is 5.11 Å². The summed E-state index contributed by atoms with van der Waals surface area (Å²) in [5.74, 6) is 0.322. The first kappa shape index (κ1) is 12.7. The number of rotatable bonds is 6. The Bertz CT molecular complexity index is 450. The predicted molar refractivity (Wildman–Crippen MR) is 74.6 cm³/mol. The lowest BCUT2D eigenvalue weighted by atomic mass is 10.1. The van der Waals surface area contributed by atoms with Gasteiger partial charge in [0.05, 0.1) is 0 Å². The number of hydrogen-bond acceptors (Lipinski definition) is 2. The second kappa shape index (κ2) is 6.82. The second-order valence-corrected chi connectivity index (χ2v) is 4.43. The third-order valence-electron chi connectivity index (χ3n) is 2.93. The number of aryl methyl sites for hydroxylation is 1. The van der Waals surface area contributed by atoms with Gasteiger partial charge in [0.25, 0.3) is 0 Å². The van der Waals surface area contributed by atoms with Crippen LogP contribution in [0.3, 0.4) is 0 Å². The summed E-state index contributed by atoms with van der Waals surface area (Å²) in [5, 5.41) is 12.6. The van der Waals surface area contributed by atoms with Crippen molar-refractivity contribution in [2.45, 2.75) is 19.4 Å². The molecule has 2 heteroatoms. The number of phenolic OH excluding ortho intramolecular Hbond substituents is 1. The highest BCUT2D eigenvalue weighted by atomic mass is 16.3. The van der Waals surface area contributed by atoms with Crippen LogP contribution in [0.25, 0.3) is 0 Å². The zero-order valence-electron chi connectivity index (χ0n) is 10.5. The molecule has 0 amide bonds. The van der Waals surface area contributed by atoms with Gasteiger partial charge in [-0.05, 0) is 42.6 Å². The van der Waals surface area contributed by atoms with Gasteiger partial charge in [0.15, 0.2) is 0 Å². The smallest absolute Gasteiger partial charge is 0.115 e. The van der Waals surface area contributed by atoms with Crippen LogP contribution in [0.1, 0.15) is 17.5 Å². The van der Waals surface area contributed by atoms with Crippen molar-refractivity contribution in [3.05, 3.63) is 65.7 Å². The lowest BCUT2D eigenvalue weighted by Crippen LogP contribution is -2.15. The molecular weight excluding hydrogens is 222 g/mol. The van der Waals surface area contributed by atoms with Crippen molar-refractivity contribution < 1.29 is 5.11 Å². The van der Waals surface area contributed by atoms with Gasteiger partial charge >= 0.3 is 0 Å². The lowest BCUT2D eigenvalue weighted by molar-refractivity contribution is 0.475. The van der Waals surface area contributed by atoms with Gasteiger partial charge in [0.1, 0.15) is 5.75 Å². The van der Waals surface area contributed by atoms with Crippen LogP contribution in [-0.2, 0) is 13.0 Å². The van der Waals surface area contributed by atoms with E-state index in [-0.39, 0.29) is 0 Å². The largest absolute Gasteiger partial charge is 0.508 e. The van der Waals surface area contributed by atoms with Crippen molar-refractivity contribution in [2.24, 2.45) is 0 Å². The number of phenols is 1. The van der Waals surface area contributed by atoms with E-state index in [4.69, 9.17) is 0 Å². The molecule has 0 fully saturated rings. The fraction of sp³-hybridized carbons (Fsp3) is 0.250. The highest BCUT2D eigenvalue weighted by Crippen LogP contribution is 2.09. The Hall–Kier alpha value is -1.80. The molecule has 0 aliphatic rings. The molecule has 94 valence electrons. The third-order valence-corrected chi connectivity index (χ3v) is 2.93. The maximum Gasteiger partial charge on any atom is 0.115 e. The van der Waals surface area contributed by atoms with Crippen LogP contribution in [0.5, 0.6) is 5.75 Å². The summed E-state index contributed by atoms with van der Waals surface area (Å²) in [6.07, 6.45) is 2.26. The Kier molecular flexibility index (Phi) is 4.79. The van der Waals surface area contributed by atoms with Crippen molar-refractivity contribution in [1.29, 1.82) is 0 Å². The minimum atomic E-state index is 0.322. The minimum absolute atomic E-state index is 0.322. The number of benzene rings is 2. The quantitative estimate of drug-likeness (QED) is 0.762. The molecule has 2 nitrogen and oxygen atoms in total. The molecule has 0 heterocycles. The van der Waals surface area contributed by atoms with Crippen LogP contribution in [0.2, 0.25) is 0 Å². The van der Waals surface area contributed by atoms with Crippen LogP contribution in [0, 0.1) is 0 Å². The molecular formula is C16H19NO. The monoisotopic (exact) mass is 241 g/mol. The Balaban J connectivity index is 1.63. The number of aromatic hydroxyl groups is 1. The maximum atomic E-state index is 9.17. The molecule has 2 aromatic rings. The van der Waals surface area contributed by atoms with Crippen molar-refractivity contribution in [3.8, 4) is 5.75 Å². The van der Waals surface area contributed by atoms with Gasteiger partial charge in [-0.25, -0.2) is 0 Å². The minimum Gasteiger partial charge on any atom is -0.508 e. The molecule has 0 aliphatic heterocycles. The summed E-state index contributed by atoms with van der Waals surface area (Å²) in [6.45, 7) is 1.87. The zero-order valence-corrected chi connectivity index (χ0v) is 10.5. The van der Waals surface area contributed by atoms with Crippen molar-refractivity contribution in [1.82, 2.24) is 5.32 Å². The number of hydrogen-bond donors (Lipinski definition) is 2. The summed E-state index contributed by atoms with van der Waals surface area (Å²) in [7, 11) is 0. The molecule has 0 atom stereocenters. The Labute approximate surface area is 108 Å². The molecule has 0 saturated carbocycles. The van der Waals surface area contributed by atoms with Gasteiger partial charge in [-0.1, -0.05) is 42.5 Å². The molecule has 0 saturated heterocycles. The fourth-order valence-electron chi connectivity index (χ4n) is 1.91. The van der Waals surface area contributed by atoms with Gasteiger partial charge in [0, 0.05) is 6.54 Å². The summed E-state index contributed by atoms with van der Waals surface area (Å²) >= 11 is 0. The van der Waals surface area contributed by atoms with Crippen LogP contribution in [0.4, 0.5) is 0 Å². The molecule has 0 spiro atoms. The standard InChI is InChI=1S/C16H19NO/c18-16-10-8-15(9-11-16)13-17-12-4-7-14-5-2-1-3-6-14/h1-3,5-6,8-11,17-18H,4,7,12-13H2. The van der Waals surface area contributed by atoms with Crippen molar-refractivity contribution in [3.63, 3.8) is 0 Å². The molecule has 0 radical (unpaired) electrons. The molecule has 2 N–H and O–H groups in total. The predicted octanol–water partition coefficient (Wildman–Crippen LogP) is 3.11. The Morgan fingerprint density at radius 1 is 0.833 bits per heavy atom. The summed E-state index contributed by atoms with van der Waals surface area (Å²) in [6, 6.07) is 17.9. The van der Waals surface area contributed by atoms with Gasteiger partial charge in [-0.3, -0.25) is 0 Å². The molecule has 0 unspecified atom stereocenters. The first-order valence-corrected chi connectivity index (χ1v) is 6.37. The average molecular weight is 241 g/mol. The normalized spacial score (nSPS) is 10.4. The molecule has 18 heavy (non-hydrogen) atoms. The SMILES string of the molecule is Oc1ccc(CNCCCc2ccccc2)cc1. The summed E-state index contributed by atoms with van der Waals surface area (Å²) in [5.41, 5.74) is 2.59. The first-order valence-electron chi connectivity index (χ1n) is 6.37. The second-order valence-electron chi connectivity index (χ2n) is 4.43. The van der Waals surface area contributed by atoms with E-state index >= 15 is 0 Å². The average Bonchev–Trinajstić information content (AvgIpc) is 2.42. The van der Waals surface area contributed by atoms with E-state index < -0.39 is 0 Å². The van der Waals surface area contributed by atoms with Gasteiger partial charge in [-0.15, -0.1) is 0 Å². The van der Waals surface area contributed by atoms with E-state index in [1.54, 1.807) is 12.1 Å².